The first kappa shape index (κ1) is 18.0. The summed E-state index contributed by atoms with van der Waals surface area (Å²) in [6, 6.07) is 2.76. The van der Waals surface area contributed by atoms with Crippen molar-refractivity contribution < 1.29 is 33.0 Å². The Morgan fingerprint density at radius 3 is 2.16 bits per heavy atom. The van der Waals surface area contributed by atoms with Crippen molar-refractivity contribution in [3.8, 4) is 11.1 Å². The molecule has 0 aliphatic rings. The lowest BCUT2D eigenvalue weighted by Crippen LogP contribution is -2.25. The largest absolute Gasteiger partial charge is 0.478 e. The molecule has 0 saturated heterocycles. The quantitative estimate of drug-likeness (QED) is 0.667. The molecule has 2 aromatic rings. The lowest BCUT2D eigenvalue weighted by atomic mass is 9.90. The van der Waals surface area contributed by atoms with Crippen molar-refractivity contribution in [3.05, 3.63) is 50.8 Å². The predicted molar refractivity (Wildman–Crippen MR) is 80.6 cm³/mol. The number of aryl methyl sites for hydroxylation is 1. The SMILES string of the molecule is Cc1ccc(C(F)(F)F)c(-c2c(C(=O)O)c(N)[nH]c(=O)c2C(=O)O)c1. The normalized spacial score (nSPS) is 11.4. The molecule has 0 saturated carbocycles. The molecule has 10 heteroatoms. The Labute approximate surface area is 137 Å². The van der Waals surface area contributed by atoms with Crippen molar-refractivity contribution in [2.75, 3.05) is 5.73 Å². The molecule has 0 radical (unpaired) electrons. The highest BCUT2D eigenvalue weighted by Gasteiger charge is 2.37. The molecule has 0 bridgehead atoms. The van der Waals surface area contributed by atoms with Crippen LogP contribution in [-0.4, -0.2) is 27.1 Å². The molecular formula is C15H11F3N2O5. The highest BCUT2D eigenvalue weighted by Crippen LogP contribution is 2.40. The van der Waals surface area contributed by atoms with Crippen LogP contribution in [0.15, 0.2) is 23.0 Å². The van der Waals surface area contributed by atoms with E-state index in [2.05, 4.69) is 0 Å². The van der Waals surface area contributed by atoms with Crippen molar-refractivity contribution in [2.45, 2.75) is 13.1 Å². The fraction of sp³-hybridized carbons (Fsp3) is 0.133. The van der Waals surface area contributed by atoms with Crippen LogP contribution in [0.1, 0.15) is 31.8 Å². The lowest BCUT2D eigenvalue weighted by Gasteiger charge is -2.17. The number of nitrogens with two attached hydrogens (primary N) is 1. The van der Waals surface area contributed by atoms with Crippen molar-refractivity contribution in [1.82, 2.24) is 4.98 Å². The molecule has 7 nitrogen and oxygen atoms in total. The van der Waals surface area contributed by atoms with Crippen molar-refractivity contribution in [1.29, 1.82) is 0 Å². The van der Waals surface area contributed by atoms with Crippen LogP contribution in [-0.2, 0) is 6.18 Å². The topological polar surface area (TPSA) is 133 Å². The fourth-order valence-corrected chi connectivity index (χ4v) is 2.43. The molecule has 1 aromatic carbocycles. The third kappa shape index (κ3) is 3.18. The van der Waals surface area contributed by atoms with Gasteiger partial charge in [-0.25, -0.2) is 9.59 Å². The number of benzene rings is 1. The number of aromatic nitrogens is 1. The van der Waals surface area contributed by atoms with E-state index in [4.69, 9.17) is 5.73 Å². The minimum atomic E-state index is -4.91. The first-order chi connectivity index (χ1) is 11.4. The number of aromatic amines is 1. The Morgan fingerprint density at radius 2 is 1.68 bits per heavy atom. The molecule has 0 fully saturated rings. The van der Waals surface area contributed by atoms with Gasteiger partial charge in [-0.3, -0.25) is 4.79 Å². The Bertz CT molecular complexity index is 947. The van der Waals surface area contributed by atoms with E-state index in [-0.39, 0.29) is 0 Å². The fourth-order valence-electron chi connectivity index (χ4n) is 2.43. The summed E-state index contributed by atoms with van der Waals surface area (Å²) in [6.45, 7) is 1.43. The van der Waals surface area contributed by atoms with Gasteiger partial charge < -0.3 is 20.9 Å². The van der Waals surface area contributed by atoms with E-state index in [0.29, 0.717) is 11.6 Å². The number of nitrogens with one attached hydrogen (secondary N) is 1. The summed E-state index contributed by atoms with van der Waals surface area (Å²) in [5.41, 5.74) is -0.574. The monoisotopic (exact) mass is 356 g/mol. The summed E-state index contributed by atoms with van der Waals surface area (Å²) >= 11 is 0. The first-order valence-electron chi connectivity index (χ1n) is 6.65. The summed E-state index contributed by atoms with van der Waals surface area (Å²) in [5, 5.41) is 18.5. The van der Waals surface area contributed by atoms with Gasteiger partial charge in [-0.15, -0.1) is 0 Å². The molecule has 25 heavy (non-hydrogen) atoms. The van der Waals surface area contributed by atoms with Gasteiger partial charge in [0.2, 0.25) is 0 Å². The van der Waals surface area contributed by atoms with Crippen LogP contribution in [0.5, 0.6) is 0 Å². The van der Waals surface area contributed by atoms with Crippen LogP contribution < -0.4 is 11.3 Å². The number of rotatable bonds is 3. The number of aromatic carboxylic acids is 2. The number of hydrogen-bond donors (Lipinski definition) is 4. The number of anilines is 1. The van der Waals surface area contributed by atoms with Crippen LogP contribution in [0.3, 0.4) is 0 Å². The second kappa shape index (κ2) is 5.96. The van der Waals surface area contributed by atoms with Gasteiger partial charge in [-0.05, 0) is 18.6 Å². The number of H-pyrrole nitrogens is 1. The average Bonchev–Trinajstić information content (AvgIpc) is 2.43. The summed E-state index contributed by atoms with van der Waals surface area (Å²) in [6.07, 6.45) is -4.91. The van der Waals surface area contributed by atoms with E-state index in [1.807, 2.05) is 4.98 Å². The maximum absolute atomic E-state index is 13.3. The van der Waals surface area contributed by atoms with E-state index in [1.165, 1.54) is 6.92 Å². The van der Waals surface area contributed by atoms with E-state index >= 15 is 0 Å². The average molecular weight is 356 g/mol. The number of carbonyl (C=O) groups is 2. The zero-order valence-corrected chi connectivity index (χ0v) is 12.6. The molecule has 5 N–H and O–H groups in total. The Hall–Kier alpha value is -3.30. The van der Waals surface area contributed by atoms with Crippen molar-refractivity contribution >= 4 is 17.8 Å². The van der Waals surface area contributed by atoms with Crippen LogP contribution >= 0.6 is 0 Å². The minimum Gasteiger partial charge on any atom is -0.478 e. The van der Waals surface area contributed by atoms with E-state index in [9.17, 15) is 37.8 Å². The number of carboxylic acid groups (broad SMARTS) is 2. The zero-order chi connectivity index (χ0) is 19.1. The van der Waals surface area contributed by atoms with Gasteiger partial charge in [0, 0.05) is 5.56 Å². The Balaban J connectivity index is 3.12. The van der Waals surface area contributed by atoms with Gasteiger partial charge in [0.15, 0.2) is 0 Å². The molecule has 0 atom stereocenters. The molecule has 0 aliphatic heterocycles. The minimum absolute atomic E-state index is 0.300. The maximum atomic E-state index is 13.3. The number of hydrogen-bond acceptors (Lipinski definition) is 4. The number of carboxylic acids is 2. The van der Waals surface area contributed by atoms with Crippen LogP contribution in [0.25, 0.3) is 11.1 Å². The summed E-state index contributed by atoms with van der Waals surface area (Å²) in [7, 11) is 0. The van der Waals surface area contributed by atoms with Crippen molar-refractivity contribution in [3.63, 3.8) is 0 Å². The summed E-state index contributed by atoms with van der Waals surface area (Å²) in [5.74, 6) is -4.40. The molecular weight excluding hydrogens is 345 g/mol. The molecule has 1 aromatic heterocycles. The highest BCUT2D eigenvalue weighted by atomic mass is 19.4. The van der Waals surface area contributed by atoms with Crippen LogP contribution in [0.4, 0.5) is 19.0 Å². The van der Waals surface area contributed by atoms with Gasteiger partial charge in [-0.2, -0.15) is 13.2 Å². The zero-order valence-electron chi connectivity index (χ0n) is 12.6. The molecule has 0 unspecified atom stereocenters. The van der Waals surface area contributed by atoms with Crippen LogP contribution in [0, 0.1) is 6.92 Å². The predicted octanol–water partition coefficient (Wildman–Crippen LogP) is 2.35. The summed E-state index contributed by atoms with van der Waals surface area (Å²) < 4.78 is 40.0. The lowest BCUT2D eigenvalue weighted by molar-refractivity contribution is -0.137. The number of pyridine rings is 1. The highest BCUT2D eigenvalue weighted by molar-refractivity contribution is 6.07. The molecule has 132 valence electrons. The van der Waals surface area contributed by atoms with E-state index in [0.717, 1.165) is 12.1 Å². The van der Waals surface area contributed by atoms with Gasteiger partial charge in [0.25, 0.3) is 5.56 Å². The Kier molecular flexibility index (Phi) is 4.31. The van der Waals surface area contributed by atoms with Crippen molar-refractivity contribution in [2.24, 2.45) is 0 Å². The standard InChI is InChI=1S/C15H11F3N2O5/c1-5-2-3-7(15(16,17)18)6(4-5)8-9(13(22)23)11(19)20-12(21)10(8)14(24)25/h2-4H,1H3,(H,22,23)(H,24,25)(H3,19,20,21). The first-order valence-corrected chi connectivity index (χ1v) is 6.65. The smallest absolute Gasteiger partial charge is 0.417 e. The molecule has 2 rings (SSSR count). The van der Waals surface area contributed by atoms with E-state index < -0.39 is 57.3 Å². The van der Waals surface area contributed by atoms with Gasteiger partial charge >= 0.3 is 18.1 Å². The maximum Gasteiger partial charge on any atom is 0.417 e. The molecule has 0 amide bonds. The summed E-state index contributed by atoms with van der Waals surface area (Å²) in [4.78, 5) is 36.6. The number of alkyl halides is 3. The van der Waals surface area contributed by atoms with E-state index in [1.54, 1.807) is 0 Å². The third-order valence-electron chi connectivity index (χ3n) is 3.42. The van der Waals surface area contributed by atoms with Gasteiger partial charge in [0.05, 0.1) is 5.56 Å². The third-order valence-corrected chi connectivity index (χ3v) is 3.42. The number of halogens is 3. The molecule has 0 aliphatic carbocycles. The second-order valence-electron chi connectivity index (χ2n) is 5.15. The number of nitrogen functional groups attached to an aromatic ring is 1. The Morgan fingerprint density at radius 1 is 1.12 bits per heavy atom. The van der Waals surface area contributed by atoms with Gasteiger partial charge in [0.1, 0.15) is 16.9 Å². The second-order valence-corrected chi connectivity index (χ2v) is 5.15. The van der Waals surface area contributed by atoms with Gasteiger partial charge in [-0.1, -0.05) is 17.7 Å². The molecule has 1 heterocycles. The molecule has 0 spiro atoms. The van der Waals surface area contributed by atoms with Crippen LogP contribution in [0.2, 0.25) is 0 Å².